The standard InChI is InChI=1S/C19H28O5/c1-10(2)9-22-15-8-19(5)16(24-19)7-13(20)11(3)6-14-17(15)12(4)18(21)23-14/h6,10,13-17,20H,4,7-9H2,1-3,5H3. The van der Waals surface area contributed by atoms with Gasteiger partial charge in [0.05, 0.1) is 29.8 Å². The second kappa shape index (κ2) is 6.28. The Labute approximate surface area is 143 Å². The molecule has 3 aliphatic rings. The summed E-state index contributed by atoms with van der Waals surface area (Å²) in [7, 11) is 0. The maximum absolute atomic E-state index is 12.1. The summed E-state index contributed by atoms with van der Waals surface area (Å²) >= 11 is 0. The molecule has 0 saturated carbocycles. The number of hydrogen-bond donors (Lipinski definition) is 1. The van der Waals surface area contributed by atoms with Crippen molar-refractivity contribution in [3.8, 4) is 0 Å². The minimum atomic E-state index is -0.585. The van der Waals surface area contributed by atoms with Crippen LogP contribution in [0.2, 0.25) is 0 Å². The number of hydrogen-bond acceptors (Lipinski definition) is 5. The summed E-state index contributed by atoms with van der Waals surface area (Å²) < 4.78 is 17.5. The molecule has 1 aliphatic carbocycles. The zero-order valence-electron chi connectivity index (χ0n) is 15.0. The van der Waals surface area contributed by atoms with Crippen molar-refractivity contribution in [1.29, 1.82) is 0 Å². The van der Waals surface area contributed by atoms with E-state index in [2.05, 4.69) is 20.4 Å². The highest BCUT2D eigenvalue weighted by atomic mass is 16.6. The van der Waals surface area contributed by atoms with E-state index in [1.54, 1.807) is 0 Å². The molecule has 134 valence electrons. The van der Waals surface area contributed by atoms with Gasteiger partial charge >= 0.3 is 5.97 Å². The van der Waals surface area contributed by atoms with E-state index in [-0.39, 0.29) is 29.7 Å². The van der Waals surface area contributed by atoms with Crippen molar-refractivity contribution < 1.29 is 24.1 Å². The van der Waals surface area contributed by atoms with Crippen molar-refractivity contribution in [3.63, 3.8) is 0 Å². The van der Waals surface area contributed by atoms with Gasteiger partial charge in [0, 0.05) is 25.0 Å². The summed E-state index contributed by atoms with van der Waals surface area (Å²) in [6.07, 6.45) is 1.88. The lowest BCUT2D eigenvalue weighted by Crippen LogP contribution is -2.37. The Morgan fingerprint density at radius 2 is 2.21 bits per heavy atom. The fraction of sp³-hybridized carbons (Fsp3) is 0.737. The summed E-state index contributed by atoms with van der Waals surface area (Å²) in [5, 5.41) is 10.4. The Balaban J connectivity index is 1.93. The summed E-state index contributed by atoms with van der Waals surface area (Å²) in [6.45, 7) is 12.7. The van der Waals surface area contributed by atoms with Crippen LogP contribution in [0.15, 0.2) is 23.8 Å². The van der Waals surface area contributed by atoms with E-state index >= 15 is 0 Å². The second-order valence-electron chi connectivity index (χ2n) is 7.97. The monoisotopic (exact) mass is 336 g/mol. The van der Waals surface area contributed by atoms with Crippen LogP contribution in [0.3, 0.4) is 0 Å². The summed E-state index contributed by atoms with van der Waals surface area (Å²) in [4.78, 5) is 12.1. The van der Waals surface area contributed by atoms with Crippen molar-refractivity contribution in [2.24, 2.45) is 11.8 Å². The predicted octanol–water partition coefficient (Wildman–Crippen LogP) is 2.38. The predicted molar refractivity (Wildman–Crippen MR) is 89.4 cm³/mol. The maximum Gasteiger partial charge on any atom is 0.334 e. The zero-order chi connectivity index (χ0) is 17.6. The van der Waals surface area contributed by atoms with E-state index in [9.17, 15) is 9.90 Å². The molecule has 3 rings (SSSR count). The first-order valence-corrected chi connectivity index (χ1v) is 8.77. The molecule has 0 amide bonds. The van der Waals surface area contributed by atoms with Crippen molar-refractivity contribution in [1.82, 2.24) is 0 Å². The molecular weight excluding hydrogens is 308 g/mol. The zero-order valence-corrected chi connectivity index (χ0v) is 15.0. The molecular formula is C19H28O5. The third-order valence-corrected chi connectivity index (χ3v) is 5.34. The smallest absolute Gasteiger partial charge is 0.334 e. The fourth-order valence-electron chi connectivity index (χ4n) is 3.71. The van der Waals surface area contributed by atoms with E-state index in [0.29, 0.717) is 30.9 Å². The van der Waals surface area contributed by atoms with Crippen LogP contribution in [0.5, 0.6) is 0 Å². The van der Waals surface area contributed by atoms with Crippen LogP contribution < -0.4 is 0 Å². The van der Waals surface area contributed by atoms with E-state index < -0.39 is 12.2 Å². The van der Waals surface area contributed by atoms with Crippen molar-refractivity contribution >= 4 is 5.97 Å². The first-order chi connectivity index (χ1) is 11.2. The van der Waals surface area contributed by atoms with E-state index in [1.165, 1.54) is 0 Å². The summed E-state index contributed by atoms with van der Waals surface area (Å²) in [5.74, 6) is -0.217. The van der Waals surface area contributed by atoms with Crippen LogP contribution >= 0.6 is 0 Å². The molecule has 0 aromatic carbocycles. The number of aliphatic hydroxyl groups excluding tert-OH is 1. The highest BCUT2D eigenvalue weighted by Crippen LogP contribution is 2.47. The maximum atomic E-state index is 12.1. The number of epoxide rings is 1. The molecule has 2 aliphatic heterocycles. The molecule has 6 unspecified atom stereocenters. The fourth-order valence-corrected chi connectivity index (χ4v) is 3.71. The topological polar surface area (TPSA) is 68.3 Å². The number of ether oxygens (including phenoxy) is 3. The van der Waals surface area contributed by atoms with Crippen molar-refractivity contribution in [3.05, 3.63) is 23.8 Å². The Morgan fingerprint density at radius 3 is 2.88 bits per heavy atom. The van der Waals surface area contributed by atoms with Crippen LogP contribution in [0, 0.1) is 11.8 Å². The molecule has 0 radical (unpaired) electrons. The first kappa shape index (κ1) is 17.6. The summed E-state index contributed by atoms with van der Waals surface area (Å²) in [6, 6.07) is 0. The van der Waals surface area contributed by atoms with Gasteiger partial charge in [0.15, 0.2) is 0 Å². The van der Waals surface area contributed by atoms with Crippen LogP contribution in [0.4, 0.5) is 0 Å². The third kappa shape index (κ3) is 3.30. The van der Waals surface area contributed by atoms with Crippen LogP contribution in [0.1, 0.15) is 40.5 Å². The van der Waals surface area contributed by atoms with Gasteiger partial charge in [-0.25, -0.2) is 4.79 Å². The summed E-state index contributed by atoms with van der Waals surface area (Å²) in [5.41, 5.74) is 0.931. The molecule has 0 bridgehead atoms. The minimum Gasteiger partial charge on any atom is -0.454 e. The van der Waals surface area contributed by atoms with Gasteiger partial charge in [-0.15, -0.1) is 0 Å². The molecule has 0 spiro atoms. The first-order valence-electron chi connectivity index (χ1n) is 8.77. The molecule has 2 heterocycles. The largest absolute Gasteiger partial charge is 0.454 e. The number of carbonyl (C=O) groups is 1. The molecule has 6 atom stereocenters. The van der Waals surface area contributed by atoms with E-state index in [1.807, 2.05) is 19.9 Å². The van der Waals surface area contributed by atoms with E-state index in [0.717, 1.165) is 5.57 Å². The van der Waals surface area contributed by atoms with Gasteiger partial charge in [0.2, 0.25) is 0 Å². The SMILES string of the molecule is C=C1C(=O)OC2C=C(C)C(O)CC3OC3(C)CC(OCC(C)C)C12. The lowest BCUT2D eigenvalue weighted by atomic mass is 9.82. The molecule has 0 aromatic rings. The van der Waals surface area contributed by atoms with Gasteiger partial charge < -0.3 is 19.3 Å². The van der Waals surface area contributed by atoms with Gasteiger partial charge in [-0.05, 0) is 31.4 Å². The van der Waals surface area contributed by atoms with Gasteiger partial charge in [0.25, 0.3) is 0 Å². The highest BCUT2D eigenvalue weighted by molar-refractivity contribution is 5.91. The van der Waals surface area contributed by atoms with Gasteiger partial charge in [0.1, 0.15) is 6.10 Å². The van der Waals surface area contributed by atoms with Crippen LogP contribution in [0.25, 0.3) is 0 Å². The van der Waals surface area contributed by atoms with Crippen LogP contribution in [-0.4, -0.2) is 47.7 Å². The highest BCUT2D eigenvalue weighted by Gasteiger charge is 2.57. The quantitative estimate of drug-likeness (QED) is 0.371. The second-order valence-corrected chi connectivity index (χ2v) is 7.97. The molecule has 24 heavy (non-hydrogen) atoms. The van der Waals surface area contributed by atoms with Gasteiger partial charge in [-0.3, -0.25) is 0 Å². The molecule has 1 N–H and O–H groups in total. The van der Waals surface area contributed by atoms with Gasteiger partial charge in [-0.1, -0.05) is 20.4 Å². The Kier molecular flexibility index (Phi) is 4.62. The Hall–Kier alpha value is -1.17. The van der Waals surface area contributed by atoms with Gasteiger partial charge in [-0.2, -0.15) is 0 Å². The van der Waals surface area contributed by atoms with Crippen molar-refractivity contribution in [2.75, 3.05) is 6.61 Å². The molecule has 2 fully saturated rings. The number of fused-ring (bicyclic) bond motifs is 2. The van der Waals surface area contributed by atoms with Crippen molar-refractivity contribution in [2.45, 2.75) is 70.6 Å². The number of esters is 1. The average Bonchev–Trinajstić information content (AvgIpc) is 3.03. The lowest BCUT2D eigenvalue weighted by molar-refractivity contribution is -0.137. The van der Waals surface area contributed by atoms with E-state index in [4.69, 9.17) is 14.2 Å². The van der Waals surface area contributed by atoms with Crippen LogP contribution in [-0.2, 0) is 19.0 Å². The third-order valence-electron chi connectivity index (χ3n) is 5.34. The normalized spacial score (nSPS) is 42.2. The molecule has 5 nitrogen and oxygen atoms in total. The number of aliphatic hydroxyl groups is 1. The molecule has 5 heteroatoms. The number of rotatable bonds is 3. The Bertz CT molecular complexity index is 566. The molecule has 0 aromatic heterocycles. The lowest BCUT2D eigenvalue weighted by Gasteiger charge is -2.29. The Morgan fingerprint density at radius 1 is 1.50 bits per heavy atom. The minimum absolute atomic E-state index is 0.0174. The molecule has 2 saturated heterocycles. The average molecular weight is 336 g/mol. The number of carbonyl (C=O) groups excluding carboxylic acids is 1.